The van der Waals surface area contributed by atoms with Gasteiger partial charge in [-0.2, -0.15) is 0 Å². The van der Waals surface area contributed by atoms with Gasteiger partial charge in [0.1, 0.15) is 6.61 Å². The number of nitrogens with one attached hydrogen (secondary N) is 2. The number of guanidine groups is 2. The molecule has 10 heteroatoms. The van der Waals surface area contributed by atoms with Crippen LogP contribution in [0.3, 0.4) is 0 Å². The number of nitrogens with zero attached hydrogens (tertiary/aromatic N) is 2. The van der Waals surface area contributed by atoms with Crippen molar-refractivity contribution in [3.8, 4) is 0 Å². The maximum absolute atomic E-state index is 6.06. The minimum atomic E-state index is -0.651. The number of hydrogen-bond acceptors (Lipinski definition) is 6. The smallest absolute Gasteiger partial charge is 0.225 e. The predicted molar refractivity (Wildman–Crippen MR) is 96.0 cm³/mol. The first-order valence-electron chi connectivity index (χ1n) is 6.00. The molecule has 0 atom stereocenters. The first-order chi connectivity index (χ1) is 9.77. The van der Waals surface area contributed by atoms with E-state index in [1.165, 1.54) is 0 Å². The van der Waals surface area contributed by atoms with Crippen LogP contribution in [0, 0.1) is 0 Å². The molecule has 1 heterocycles. The molecule has 0 saturated heterocycles. The van der Waals surface area contributed by atoms with Crippen LogP contribution in [0.4, 0.5) is 0 Å². The van der Waals surface area contributed by atoms with Gasteiger partial charge in [-0.15, -0.1) is 17.0 Å². The topological polar surface area (TPSA) is 84.0 Å². The molecule has 1 aromatic carbocycles. The minimum absolute atomic E-state index is 0. The van der Waals surface area contributed by atoms with E-state index in [4.69, 9.17) is 45.4 Å². The van der Waals surface area contributed by atoms with Gasteiger partial charge in [-0.25, -0.2) is 15.5 Å². The van der Waals surface area contributed by atoms with Gasteiger partial charge in [0.05, 0.1) is 10.0 Å². The molecular weight excluding hydrogens is 416 g/mol. The summed E-state index contributed by atoms with van der Waals surface area (Å²) in [5.41, 5.74) is 8.35. The fourth-order valence-electron chi connectivity index (χ4n) is 1.68. The van der Waals surface area contributed by atoms with Gasteiger partial charge < -0.3 is 5.73 Å². The molecule has 6 nitrogen and oxygen atoms in total. The standard InChI is InChI=1S/C12H14Cl3N5O.BrH/c1-12(2)18-10(16)17-11(19-12)20-21-5-6-3-8(14)9(15)4-7(6)13;/h3-4H,5H2,1-2H3,(H4,16,17,18,19,20);1H. The van der Waals surface area contributed by atoms with E-state index in [9.17, 15) is 0 Å². The second kappa shape index (κ2) is 7.70. The van der Waals surface area contributed by atoms with Crippen molar-refractivity contribution in [2.75, 3.05) is 0 Å². The van der Waals surface area contributed by atoms with Crippen molar-refractivity contribution in [1.82, 2.24) is 10.8 Å². The van der Waals surface area contributed by atoms with Crippen LogP contribution in [0.2, 0.25) is 15.1 Å². The number of rotatable bonds is 3. The summed E-state index contributed by atoms with van der Waals surface area (Å²) < 4.78 is 0. The summed E-state index contributed by atoms with van der Waals surface area (Å²) in [6.45, 7) is 3.81. The molecule has 122 valence electrons. The van der Waals surface area contributed by atoms with Crippen LogP contribution in [-0.2, 0) is 11.4 Å². The second-order valence-electron chi connectivity index (χ2n) is 4.83. The molecule has 0 fully saturated rings. The van der Waals surface area contributed by atoms with Gasteiger partial charge in [-0.05, 0) is 26.0 Å². The highest BCUT2D eigenvalue weighted by Crippen LogP contribution is 2.29. The lowest BCUT2D eigenvalue weighted by Crippen LogP contribution is -2.50. The molecule has 1 aliphatic heterocycles. The Hall–Kier alpha value is -0.730. The van der Waals surface area contributed by atoms with Gasteiger partial charge in [0.15, 0.2) is 11.6 Å². The zero-order valence-corrected chi connectivity index (χ0v) is 15.8. The molecule has 0 radical (unpaired) electrons. The summed E-state index contributed by atoms with van der Waals surface area (Å²) >= 11 is 17.9. The Kier molecular flexibility index (Phi) is 6.76. The average Bonchev–Trinajstić information content (AvgIpc) is 2.33. The van der Waals surface area contributed by atoms with E-state index in [0.717, 1.165) is 0 Å². The Morgan fingerprint density at radius 1 is 1.18 bits per heavy atom. The van der Waals surface area contributed by atoms with Gasteiger partial charge in [0, 0.05) is 10.6 Å². The van der Waals surface area contributed by atoms with Crippen LogP contribution < -0.4 is 16.5 Å². The average molecular weight is 432 g/mol. The van der Waals surface area contributed by atoms with Gasteiger partial charge in [0.2, 0.25) is 5.96 Å². The highest BCUT2D eigenvalue weighted by atomic mass is 79.9. The molecule has 0 aromatic heterocycles. The highest BCUT2D eigenvalue weighted by Gasteiger charge is 2.21. The summed E-state index contributed by atoms with van der Waals surface area (Å²) in [5.74, 6) is 0.623. The molecule has 0 unspecified atom stereocenters. The monoisotopic (exact) mass is 429 g/mol. The molecule has 0 spiro atoms. The molecule has 1 aromatic rings. The number of halogens is 4. The van der Waals surface area contributed by atoms with Crippen LogP contribution in [0.25, 0.3) is 0 Å². The van der Waals surface area contributed by atoms with Crippen LogP contribution in [0.5, 0.6) is 0 Å². The maximum Gasteiger partial charge on any atom is 0.225 e. The lowest BCUT2D eigenvalue weighted by atomic mass is 10.2. The Morgan fingerprint density at radius 3 is 2.45 bits per heavy atom. The van der Waals surface area contributed by atoms with Crippen molar-refractivity contribution in [1.29, 1.82) is 0 Å². The number of hydrogen-bond donors (Lipinski definition) is 3. The first kappa shape index (κ1) is 19.3. The Labute approximate surface area is 153 Å². The van der Waals surface area contributed by atoms with Crippen LogP contribution >= 0.6 is 51.8 Å². The number of aliphatic imine (C=N–C) groups is 2. The third-order valence-electron chi connectivity index (χ3n) is 2.51. The van der Waals surface area contributed by atoms with E-state index in [1.54, 1.807) is 12.1 Å². The zero-order valence-electron chi connectivity index (χ0n) is 11.8. The second-order valence-corrected chi connectivity index (χ2v) is 6.05. The predicted octanol–water partition coefficient (Wildman–Crippen LogP) is 3.26. The summed E-state index contributed by atoms with van der Waals surface area (Å²) in [6.07, 6.45) is 0. The van der Waals surface area contributed by atoms with Crippen molar-refractivity contribution in [2.45, 2.75) is 26.1 Å². The SMILES string of the molecule is Br.CC1(C)N=C(N)NC(NOCc2cc(Cl)c(Cl)cc2Cl)=N1. The molecule has 0 bridgehead atoms. The van der Waals surface area contributed by atoms with Crippen LogP contribution in [0.1, 0.15) is 19.4 Å². The van der Waals surface area contributed by atoms with Crippen molar-refractivity contribution in [2.24, 2.45) is 15.7 Å². The molecule has 0 saturated carbocycles. The van der Waals surface area contributed by atoms with Crippen molar-refractivity contribution >= 4 is 63.7 Å². The van der Waals surface area contributed by atoms with E-state index >= 15 is 0 Å². The molecule has 22 heavy (non-hydrogen) atoms. The summed E-state index contributed by atoms with van der Waals surface area (Å²) in [5, 5.41) is 4.02. The molecular formula is C12H15BrCl3N5O. The maximum atomic E-state index is 6.06. The Balaban J connectivity index is 0.00000242. The summed E-state index contributed by atoms with van der Waals surface area (Å²) in [6, 6.07) is 3.21. The lowest BCUT2D eigenvalue weighted by molar-refractivity contribution is 0.0687. The first-order valence-corrected chi connectivity index (χ1v) is 7.13. The van der Waals surface area contributed by atoms with E-state index in [-0.39, 0.29) is 29.5 Å². The summed E-state index contributed by atoms with van der Waals surface area (Å²) in [7, 11) is 0. The van der Waals surface area contributed by atoms with Gasteiger partial charge in [-0.3, -0.25) is 10.2 Å². The largest absolute Gasteiger partial charge is 0.370 e. The zero-order chi connectivity index (χ0) is 15.6. The van der Waals surface area contributed by atoms with E-state index in [2.05, 4.69) is 20.8 Å². The number of hydroxylamine groups is 1. The van der Waals surface area contributed by atoms with Gasteiger partial charge in [-0.1, -0.05) is 34.8 Å². The van der Waals surface area contributed by atoms with E-state index in [1.807, 2.05) is 13.8 Å². The van der Waals surface area contributed by atoms with Crippen molar-refractivity contribution in [3.05, 3.63) is 32.8 Å². The fraction of sp³-hybridized carbons (Fsp3) is 0.333. The molecule has 0 aliphatic carbocycles. The van der Waals surface area contributed by atoms with E-state index in [0.29, 0.717) is 26.6 Å². The quantitative estimate of drug-likeness (QED) is 0.507. The van der Waals surface area contributed by atoms with Crippen molar-refractivity contribution in [3.63, 3.8) is 0 Å². The van der Waals surface area contributed by atoms with Gasteiger partial charge in [0.25, 0.3) is 0 Å². The molecule has 1 aliphatic rings. The van der Waals surface area contributed by atoms with Crippen LogP contribution in [-0.4, -0.2) is 17.6 Å². The normalized spacial score (nSPS) is 16.0. The molecule has 2 rings (SSSR count). The fourth-order valence-corrected chi connectivity index (χ4v) is 2.30. The van der Waals surface area contributed by atoms with E-state index < -0.39 is 5.66 Å². The van der Waals surface area contributed by atoms with Crippen LogP contribution in [0.15, 0.2) is 22.1 Å². The number of benzene rings is 1. The molecule has 4 N–H and O–H groups in total. The molecule has 0 amide bonds. The van der Waals surface area contributed by atoms with Crippen molar-refractivity contribution < 1.29 is 4.84 Å². The highest BCUT2D eigenvalue weighted by molar-refractivity contribution is 8.93. The minimum Gasteiger partial charge on any atom is -0.370 e. The number of nitrogens with two attached hydrogens (primary N) is 1. The summed E-state index contributed by atoms with van der Waals surface area (Å²) in [4.78, 5) is 13.7. The Bertz CT molecular complexity index is 621. The van der Waals surface area contributed by atoms with Gasteiger partial charge >= 0.3 is 0 Å². The Morgan fingerprint density at radius 2 is 1.82 bits per heavy atom. The third-order valence-corrected chi connectivity index (χ3v) is 3.59. The lowest BCUT2D eigenvalue weighted by Gasteiger charge is -2.24. The third kappa shape index (κ3) is 5.17.